The Morgan fingerprint density at radius 3 is 2.52 bits per heavy atom. The molecular formula is C15H22BrN5O2. The molecule has 2 heterocycles. The van der Waals surface area contributed by atoms with Gasteiger partial charge in [-0.2, -0.15) is 0 Å². The Morgan fingerprint density at radius 2 is 1.96 bits per heavy atom. The minimum Gasteiger partial charge on any atom is -0.354 e. The van der Waals surface area contributed by atoms with Gasteiger partial charge in [-0.3, -0.25) is 15.0 Å². The number of anilines is 1. The van der Waals surface area contributed by atoms with Crippen molar-refractivity contribution >= 4 is 33.7 Å². The zero-order valence-electron chi connectivity index (χ0n) is 13.4. The van der Waals surface area contributed by atoms with Crippen molar-refractivity contribution < 1.29 is 9.59 Å². The number of rotatable bonds is 4. The van der Waals surface area contributed by atoms with Crippen LogP contribution in [0.25, 0.3) is 0 Å². The Kier molecular flexibility index (Phi) is 6.35. The first-order valence-electron chi connectivity index (χ1n) is 7.63. The van der Waals surface area contributed by atoms with E-state index in [0.29, 0.717) is 0 Å². The van der Waals surface area contributed by atoms with Gasteiger partial charge in [0.2, 0.25) is 5.91 Å². The van der Waals surface area contributed by atoms with Gasteiger partial charge < -0.3 is 10.2 Å². The van der Waals surface area contributed by atoms with Gasteiger partial charge in [-0.15, -0.1) is 0 Å². The highest BCUT2D eigenvalue weighted by molar-refractivity contribution is 9.10. The molecule has 1 aliphatic rings. The highest BCUT2D eigenvalue weighted by Crippen LogP contribution is 2.16. The molecule has 1 aliphatic heterocycles. The summed E-state index contributed by atoms with van der Waals surface area (Å²) >= 11 is 3.37. The van der Waals surface area contributed by atoms with Gasteiger partial charge in [0.15, 0.2) is 0 Å². The first-order chi connectivity index (χ1) is 10.9. The molecule has 8 heteroatoms. The SMILES string of the molecule is CC(C)NC(=O)NC(=O)CN1CCN(c2ccc(Br)cn2)CC1. The van der Waals surface area contributed by atoms with E-state index in [4.69, 9.17) is 0 Å². The second kappa shape index (κ2) is 8.26. The molecule has 1 saturated heterocycles. The molecule has 0 unspecified atom stereocenters. The molecule has 2 rings (SSSR count). The molecule has 0 radical (unpaired) electrons. The van der Waals surface area contributed by atoms with Crippen molar-refractivity contribution in [2.24, 2.45) is 0 Å². The van der Waals surface area contributed by atoms with E-state index in [2.05, 4.69) is 36.4 Å². The maximum Gasteiger partial charge on any atom is 0.321 e. The van der Waals surface area contributed by atoms with Gasteiger partial charge in [0.25, 0.3) is 0 Å². The first kappa shape index (κ1) is 17.7. The van der Waals surface area contributed by atoms with Crippen LogP contribution in [0, 0.1) is 0 Å². The number of hydrogen-bond acceptors (Lipinski definition) is 5. The lowest BCUT2D eigenvalue weighted by molar-refractivity contribution is -0.121. The molecule has 1 aromatic rings. The molecule has 23 heavy (non-hydrogen) atoms. The van der Waals surface area contributed by atoms with Gasteiger partial charge in [0, 0.05) is 42.9 Å². The number of amides is 3. The normalized spacial score (nSPS) is 15.6. The Morgan fingerprint density at radius 1 is 1.26 bits per heavy atom. The van der Waals surface area contributed by atoms with Gasteiger partial charge in [-0.05, 0) is 41.9 Å². The van der Waals surface area contributed by atoms with E-state index in [-0.39, 0.29) is 18.5 Å². The number of piperazine rings is 1. The molecule has 126 valence electrons. The maximum atomic E-state index is 11.8. The molecule has 3 amide bonds. The fourth-order valence-corrected chi connectivity index (χ4v) is 2.59. The van der Waals surface area contributed by atoms with Gasteiger partial charge in [-0.25, -0.2) is 9.78 Å². The number of aromatic nitrogens is 1. The smallest absolute Gasteiger partial charge is 0.321 e. The third kappa shape index (κ3) is 5.80. The van der Waals surface area contributed by atoms with Crippen LogP contribution in [0.4, 0.5) is 10.6 Å². The van der Waals surface area contributed by atoms with Crippen molar-refractivity contribution in [3.63, 3.8) is 0 Å². The minimum absolute atomic E-state index is 0.00440. The summed E-state index contributed by atoms with van der Waals surface area (Å²) in [6.45, 7) is 7.06. The lowest BCUT2D eigenvalue weighted by Crippen LogP contribution is -2.51. The highest BCUT2D eigenvalue weighted by atomic mass is 79.9. The van der Waals surface area contributed by atoms with Crippen LogP contribution in [-0.4, -0.2) is 60.6 Å². The maximum absolute atomic E-state index is 11.8. The Balaban J connectivity index is 1.75. The number of nitrogens with one attached hydrogen (secondary N) is 2. The second-order valence-electron chi connectivity index (χ2n) is 5.77. The molecular weight excluding hydrogens is 362 g/mol. The third-order valence-electron chi connectivity index (χ3n) is 3.45. The minimum atomic E-state index is -0.442. The number of nitrogens with zero attached hydrogens (tertiary/aromatic N) is 3. The van der Waals surface area contributed by atoms with E-state index < -0.39 is 6.03 Å². The zero-order valence-corrected chi connectivity index (χ0v) is 15.0. The number of urea groups is 1. The van der Waals surface area contributed by atoms with Crippen molar-refractivity contribution in [3.8, 4) is 0 Å². The van der Waals surface area contributed by atoms with E-state index >= 15 is 0 Å². The standard InChI is InChI=1S/C15H22BrN5O2/c1-11(2)18-15(23)19-14(22)10-20-5-7-21(8-6-20)13-4-3-12(16)9-17-13/h3-4,9,11H,5-8,10H2,1-2H3,(H2,18,19,22,23). The van der Waals surface area contributed by atoms with E-state index in [1.807, 2.05) is 30.9 Å². The number of halogens is 1. The summed E-state index contributed by atoms with van der Waals surface area (Å²) in [7, 11) is 0. The van der Waals surface area contributed by atoms with Crippen LogP contribution in [0.15, 0.2) is 22.8 Å². The van der Waals surface area contributed by atoms with Crippen LogP contribution in [0.5, 0.6) is 0 Å². The quantitative estimate of drug-likeness (QED) is 0.816. The third-order valence-corrected chi connectivity index (χ3v) is 3.92. The molecule has 0 bridgehead atoms. The summed E-state index contributed by atoms with van der Waals surface area (Å²) in [5, 5.41) is 4.98. The van der Waals surface area contributed by atoms with Crippen LogP contribution >= 0.6 is 15.9 Å². The molecule has 0 saturated carbocycles. The van der Waals surface area contributed by atoms with Crippen LogP contribution in [0.2, 0.25) is 0 Å². The molecule has 0 aliphatic carbocycles. The largest absolute Gasteiger partial charge is 0.354 e. The number of carbonyl (C=O) groups is 2. The Bertz CT molecular complexity index is 541. The average molecular weight is 384 g/mol. The lowest BCUT2D eigenvalue weighted by Gasteiger charge is -2.34. The van der Waals surface area contributed by atoms with E-state index in [0.717, 1.165) is 36.5 Å². The number of imide groups is 1. The van der Waals surface area contributed by atoms with Gasteiger partial charge in [-0.1, -0.05) is 0 Å². The number of pyridine rings is 1. The topological polar surface area (TPSA) is 77.6 Å². The zero-order chi connectivity index (χ0) is 16.8. The predicted octanol–water partition coefficient (Wildman–Crippen LogP) is 1.20. The second-order valence-corrected chi connectivity index (χ2v) is 6.69. The lowest BCUT2D eigenvalue weighted by atomic mass is 10.3. The summed E-state index contributed by atoms with van der Waals surface area (Å²) in [5.74, 6) is 0.659. The van der Waals surface area contributed by atoms with Crippen molar-refractivity contribution in [2.75, 3.05) is 37.6 Å². The molecule has 0 aromatic carbocycles. The van der Waals surface area contributed by atoms with Crippen molar-refractivity contribution in [3.05, 3.63) is 22.8 Å². The van der Waals surface area contributed by atoms with Crippen LogP contribution in [-0.2, 0) is 4.79 Å². The van der Waals surface area contributed by atoms with Crippen molar-refractivity contribution in [2.45, 2.75) is 19.9 Å². The Labute approximate surface area is 144 Å². The number of carbonyl (C=O) groups excluding carboxylic acids is 2. The molecule has 0 atom stereocenters. The van der Waals surface area contributed by atoms with Gasteiger partial charge >= 0.3 is 6.03 Å². The average Bonchev–Trinajstić information content (AvgIpc) is 2.48. The fourth-order valence-electron chi connectivity index (χ4n) is 2.36. The Hall–Kier alpha value is -1.67. The van der Waals surface area contributed by atoms with Crippen LogP contribution < -0.4 is 15.5 Å². The molecule has 0 spiro atoms. The van der Waals surface area contributed by atoms with Crippen LogP contribution in [0.1, 0.15) is 13.8 Å². The molecule has 1 fully saturated rings. The molecule has 7 nitrogen and oxygen atoms in total. The van der Waals surface area contributed by atoms with Crippen LogP contribution in [0.3, 0.4) is 0 Å². The highest BCUT2D eigenvalue weighted by Gasteiger charge is 2.20. The van der Waals surface area contributed by atoms with Gasteiger partial charge in [0.1, 0.15) is 5.82 Å². The fraction of sp³-hybridized carbons (Fsp3) is 0.533. The summed E-state index contributed by atoms with van der Waals surface area (Å²) in [4.78, 5) is 31.9. The van der Waals surface area contributed by atoms with E-state index in [9.17, 15) is 9.59 Å². The van der Waals surface area contributed by atoms with Gasteiger partial charge in [0.05, 0.1) is 6.54 Å². The summed E-state index contributed by atoms with van der Waals surface area (Å²) in [6.07, 6.45) is 1.78. The molecule has 1 aromatic heterocycles. The monoisotopic (exact) mass is 383 g/mol. The first-order valence-corrected chi connectivity index (χ1v) is 8.42. The van der Waals surface area contributed by atoms with Crippen molar-refractivity contribution in [1.29, 1.82) is 0 Å². The predicted molar refractivity (Wildman–Crippen MR) is 92.4 cm³/mol. The number of hydrogen-bond donors (Lipinski definition) is 2. The van der Waals surface area contributed by atoms with Crippen molar-refractivity contribution in [1.82, 2.24) is 20.5 Å². The van der Waals surface area contributed by atoms with E-state index in [1.165, 1.54) is 0 Å². The summed E-state index contributed by atoms with van der Waals surface area (Å²) < 4.78 is 0.955. The summed E-state index contributed by atoms with van der Waals surface area (Å²) in [6, 6.07) is 3.51. The van der Waals surface area contributed by atoms with E-state index in [1.54, 1.807) is 6.20 Å². The summed E-state index contributed by atoms with van der Waals surface area (Å²) in [5.41, 5.74) is 0. The molecule has 2 N–H and O–H groups in total.